The van der Waals surface area contributed by atoms with Gasteiger partial charge in [-0.2, -0.15) is 0 Å². The highest BCUT2D eigenvalue weighted by Crippen LogP contribution is 2.36. The third-order valence-corrected chi connectivity index (χ3v) is 4.62. The first-order valence-electron chi connectivity index (χ1n) is 8.26. The van der Waals surface area contributed by atoms with Crippen LogP contribution in [0.5, 0.6) is 5.75 Å². The van der Waals surface area contributed by atoms with Gasteiger partial charge in [0.25, 0.3) is 0 Å². The summed E-state index contributed by atoms with van der Waals surface area (Å²) in [6, 6.07) is 13.5. The van der Waals surface area contributed by atoms with Gasteiger partial charge in [-0.3, -0.25) is 4.79 Å². The van der Waals surface area contributed by atoms with Crippen molar-refractivity contribution in [2.24, 2.45) is 0 Å². The number of benzene rings is 2. The Labute approximate surface area is 152 Å². The molecule has 128 valence electrons. The number of hydrogen-bond acceptors (Lipinski definition) is 2. The Bertz CT molecular complexity index is 830. The van der Waals surface area contributed by atoms with Crippen molar-refractivity contribution in [2.75, 3.05) is 0 Å². The number of rotatable bonds is 5. The summed E-state index contributed by atoms with van der Waals surface area (Å²) >= 11 is 6.05. The molecule has 0 aliphatic heterocycles. The average molecular weight is 355 g/mol. The standard InChI is InChI=1S/C21H19ClO3/c1-2-3-15(13-21(23)24)14-4-8-18(9-5-14)25-20-11-6-16-12-17(22)7-10-19(16)20/h4-5,7-10,12,15,20H,6,11,13H2,1H3,(H,23,24). The topological polar surface area (TPSA) is 46.5 Å². The van der Waals surface area contributed by atoms with Crippen LogP contribution in [0.15, 0.2) is 42.5 Å². The summed E-state index contributed by atoms with van der Waals surface area (Å²) in [7, 11) is 0. The first-order valence-corrected chi connectivity index (χ1v) is 8.63. The smallest absolute Gasteiger partial charge is 0.304 e. The van der Waals surface area contributed by atoms with E-state index in [2.05, 4.69) is 11.8 Å². The van der Waals surface area contributed by atoms with Gasteiger partial charge in [0.05, 0.1) is 12.3 Å². The van der Waals surface area contributed by atoms with E-state index in [0.29, 0.717) is 0 Å². The van der Waals surface area contributed by atoms with Crippen LogP contribution < -0.4 is 4.74 Å². The van der Waals surface area contributed by atoms with Crippen molar-refractivity contribution in [2.45, 2.75) is 38.2 Å². The molecule has 1 aliphatic carbocycles. The lowest BCUT2D eigenvalue weighted by Gasteiger charge is -2.16. The average Bonchev–Trinajstić information content (AvgIpc) is 2.97. The second kappa shape index (κ2) is 7.63. The van der Waals surface area contributed by atoms with Crippen LogP contribution in [0.1, 0.15) is 48.5 Å². The first kappa shape index (κ1) is 17.4. The second-order valence-electron chi connectivity index (χ2n) is 6.10. The Kier molecular flexibility index (Phi) is 5.31. The van der Waals surface area contributed by atoms with Crippen LogP contribution in [0.2, 0.25) is 5.02 Å². The van der Waals surface area contributed by atoms with E-state index < -0.39 is 5.97 Å². The molecule has 3 nitrogen and oxygen atoms in total. The number of carboxylic acid groups (broad SMARTS) is 1. The zero-order chi connectivity index (χ0) is 17.8. The number of ether oxygens (including phenoxy) is 1. The van der Waals surface area contributed by atoms with E-state index in [9.17, 15) is 4.79 Å². The normalized spacial score (nSPS) is 16.5. The molecular weight excluding hydrogens is 336 g/mol. The van der Waals surface area contributed by atoms with Crippen molar-refractivity contribution in [1.82, 2.24) is 0 Å². The molecule has 1 aliphatic rings. The highest BCUT2D eigenvalue weighted by molar-refractivity contribution is 6.30. The van der Waals surface area contributed by atoms with Crippen molar-refractivity contribution >= 4 is 17.6 Å². The van der Waals surface area contributed by atoms with Gasteiger partial charge in [-0.25, -0.2) is 0 Å². The number of aliphatic carboxylic acids is 1. The third kappa shape index (κ3) is 4.15. The van der Waals surface area contributed by atoms with Gasteiger partial charge in [0.2, 0.25) is 0 Å². The predicted octanol–water partition coefficient (Wildman–Crippen LogP) is 4.99. The Hall–Kier alpha value is -2.44. The molecule has 2 aromatic carbocycles. The van der Waals surface area contributed by atoms with Crippen LogP contribution in [0.4, 0.5) is 0 Å². The minimum atomic E-state index is -0.853. The summed E-state index contributed by atoms with van der Waals surface area (Å²) in [5, 5.41) is 9.78. The van der Waals surface area contributed by atoms with Crippen LogP contribution in [0.25, 0.3) is 0 Å². The summed E-state index contributed by atoms with van der Waals surface area (Å²) in [5.41, 5.74) is 3.32. The van der Waals surface area contributed by atoms with Gasteiger partial charge in [0.15, 0.2) is 0 Å². The summed E-state index contributed by atoms with van der Waals surface area (Å²) in [4.78, 5) is 11.0. The Morgan fingerprint density at radius 1 is 1.32 bits per heavy atom. The Morgan fingerprint density at radius 2 is 2.08 bits per heavy atom. The molecule has 2 unspecified atom stereocenters. The van der Waals surface area contributed by atoms with Gasteiger partial charge in [-0.05, 0) is 60.7 Å². The minimum absolute atomic E-state index is 0.00218. The van der Waals surface area contributed by atoms with Gasteiger partial charge in [-0.1, -0.05) is 35.7 Å². The first-order chi connectivity index (χ1) is 12.1. The molecule has 0 saturated carbocycles. The van der Waals surface area contributed by atoms with Crippen LogP contribution in [-0.2, 0) is 11.2 Å². The van der Waals surface area contributed by atoms with Crippen LogP contribution in [0.3, 0.4) is 0 Å². The van der Waals surface area contributed by atoms with E-state index >= 15 is 0 Å². The molecule has 2 aromatic rings. The van der Waals surface area contributed by atoms with Crippen molar-refractivity contribution in [3.05, 3.63) is 64.2 Å². The fourth-order valence-electron chi connectivity index (χ4n) is 3.21. The molecule has 0 radical (unpaired) electrons. The van der Waals surface area contributed by atoms with Gasteiger partial charge in [-0.15, -0.1) is 5.92 Å². The molecule has 1 N–H and O–H groups in total. The monoisotopic (exact) mass is 354 g/mol. The van der Waals surface area contributed by atoms with E-state index in [1.807, 2.05) is 42.5 Å². The maximum Gasteiger partial charge on any atom is 0.304 e. The highest BCUT2D eigenvalue weighted by atomic mass is 35.5. The van der Waals surface area contributed by atoms with Gasteiger partial charge >= 0.3 is 5.97 Å². The van der Waals surface area contributed by atoms with E-state index in [-0.39, 0.29) is 18.4 Å². The lowest BCUT2D eigenvalue weighted by atomic mass is 9.96. The molecule has 0 fully saturated rings. The highest BCUT2D eigenvalue weighted by Gasteiger charge is 2.24. The van der Waals surface area contributed by atoms with Crippen LogP contribution in [-0.4, -0.2) is 11.1 Å². The summed E-state index contributed by atoms with van der Waals surface area (Å²) in [6.45, 7) is 1.72. The number of fused-ring (bicyclic) bond motifs is 1. The number of carboxylic acids is 1. The van der Waals surface area contributed by atoms with Gasteiger partial charge < -0.3 is 9.84 Å². The quantitative estimate of drug-likeness (QED) is 0.769. The predicted molar refractivity (Wildman–Crippen MR) is 98.0 cm³/mol. The summed E-state index contributed by atoms with van der Waals surface area (Å²) < 4.78 is 6.12. The Morgan fingerprint density at radius 3 is 2.76 bits per heavy atom. The van der Waals surface area contributed by atoms with E-state index in [4.69, 9.17) is 21.4 Å². The van der Waals surface area contributed by atoms with Crippen LogP contribution >= 0.6 is 11.6 Å². The third-order valence-electron chi connectivity index (χ3n) is 4.39. The van der Waals surface area contributed by atoms with E-state index in [1.165, 1.54) is 11.1 Å². The molecule has 0 bridgehead atoms. The lowest BCUT2D eigenvalue weighted by Crippen LogP contribution is -2.06. The maximum atomic E-state index is 11.0. The minimum Gasteiger partial charge on any atom is -0.486 e. The summed E-state index contributed by atoms with van der Waals surface area (Å²) in [6.07, 6.45) is 1.92. The number of hydrogen-bond donors (Lipinski definition) is 1. The Balaban J connectivity index is 1.73. The van der Waals surface area contributed by atoms with E-state index in [0.717, 1.165) is 29.2 Å². The van der Waals surface area contributed by atoms with Crippen molar-refractivity contribution in [3.8, 4) is 17.6 Å². The molecule has 0 aromatic heterocycles. The fourth-order valence-corrected chi connectivity index (χ4v) is 3.41. The molecule has 0 amide bonds. The summed E-state index contributed by atoms with van der Waals surface area (Å²) in [5.74, 6) is 5.38. The van der Waals surface area contributed by atoms with Gasteiger partial charge in [0.1, 0.15) is 11.9 Å². The molecule has 0 heterocycles. The van der Waals surface area contributed by atoms with Crippen molar-refractivity contribution < 1.29 is 14.6 Å². The zero-order valence-electron chi connectivity index (χ0n) is 14.0. The van der Waals surface area contributed by atoms with Crippen molar-refractivity contribution in [3.63, 3.8) is 0 Å². The molecule has 25 heavy (non-hydrogen) atoms. The van der Waals surface area contributed by atoms with Crippen LogP contribution in [0, 0.1) is 11.8 Å². The molecule has 2 atom stereocenters. The largest absolute Gasteiger partial charge is 0.486 e. The molecule has 3 rings (SSSR count). The second-order valence-corrected chi connectivity index (χ2v) is 6.54. The van der Waals surface area contributed by atoms with E-state index in [1.54, 1.807) is 6.92 Å². The molecular formula is C21H19ClO3. The molecule has 0 saturated heterocycles. The molecule has 4 heteroatoms. The maximum absolute atomic E-state index is 11.0. The lowest BCUT2D eigenvalue weighted by molar-refractivity contribution is -0.137. The number of halogens is 1. The van der Waals surface area contributed by atoms with Crippen molar-refractivity contribution in [1.29, 1.82) is 0 Å². The number of aryl methyl sites for hydroxylation is 1. The van der Waals surface area contributed by atoms with Gasteiger partial charge in [0, 0.05) is 5.02 Å². The number of carbonyl (C=O) groups is 1. The zero-order valence-corrected chi connectivity index (χ0v) is 14.7. The fraction of sp³-hybridized carbons (Fsp3) is 0.286. The SMILES string of the molecule is CC#CC(CC(=O)O)c1ccc(OC2CCc3cc(Cl)ccc32)cc1. The molecule has 0 spiro atoms.